The molecule has 0 aliphatic heterocycles. The highest BCUT2D eigenvalue weighted by Gasteiger charge is 2.19. The Morgan fingerprint density at radius 2 is 1.80 bits per heavy atom. The molecule has 0 N–H and O–H groups in total. The molecule has 0 aliphatic carbocycles. The second-order valence-corrected chi connectivity index (χ2v) is 8.14. The SMILES string of the molecule is C=CCn1c(SCc2cccc3ccccc23)nnc1C(C)Oc1ccccc1C. The maximum atomic E-state index is 6.19. The van der Waals surface area contributed by atoms with Crippen LogP contribution in [0.2, 0.25) is 0 Å². The molecule has 0 fully saturated rings. The van der Waals surface area contributed by atoms with Crippen LogP contribution in [0, 0.1) is 6.92 Å². The second-order valence-electron chi connectivity index (χ2n) is 7.19. The first-order valence-corrected chi connectivity index (χ1v) is 11.0. The molecule has 1 heterocycles. The number of aryl methyl sites for hydroxylation is 1. The van der Waals surface area contributed by atoms with Crippen molar-refractivity contribution in [3.8, 4) is 5.75 Å². The Morgan fingerprint density at radius 3 is 2.63 bits per heavy atom. The summed E-state index contributed by atoms with van der Waals surface area (Å²) in [4.78, 5) is 0. The third-order valence-corrected chi connectivity index (χ3v) is 6.07. The molecule has 0 spiro atoms. The van der Waals surface area contributed by atoms with E-state index in [2.05, 4.69) is 63.8 Å². The van der Waals surface area contributed by atoms with E-state index < -0.39 is 0 Å². The monoisotopic (exact) mass is 415 g/mol. The van der Waals surface area contributed by atoms with E-state index in [-0.39, 0.29) is 6.10 Å². The molecule has 1 unspecified atom stereocenters. The molecule has 4 rings (SSSR count). The first-order valence-electron chi connectivity index (χ1n) is 10.0. The van der Waals surface area contributed by atoms with Crippen molar-refractivity contribution in [3.63, 3.8) is 0 Å². The van der Waals surface area contributed by atoms with Crippen LogP contribution in [-0.4, -0.2) is 14.8 Å². The van der Waals surface area contributed by atoms with Crippen molar-refractivity contribution < 1.29 is 4.74 Å². The van der Waals surface area contributed by atoms with Gasteiger partial charge in [0, 0.05) is 12.3 Å². The Labute approximate surface area is 181 Å². The molecule has 0 bridgehead atoms. The molecule has 0 saturated carbocycles. The van der Waals surface area contributed by atoms with Gasteiger partial charge in [-0.3, -0.25) is 4.57 Å². The van der Waals surface area contributed by atoms with Gasteiger partial charge in [0.15, 0.2) is 17.1 Å². The number of aromatic nitrogens is 3. The number of rotatable bonds is 8. The Bertz CT molecular complexity index is 1160. The van der Waals surface area contributed by atoms with E-state index in [0.717, 1.165) is 28.0 Å². The van der Waals surface area contributed by atoms with Gasteiger partial charge in [-0.25, -0.2) is 0 Å². The molecule has 3 aromatic carbocycles. The zero-order valence-corrected chi connectivity index (χ0v) is 18.1. The fourth-order valence-electron chi connectivity index (χ4n) is 3.50. The van der Waals surface area contributed by atoms with Gasteiger partial charge < -0.3 is 4.74 Å². The number of hydrogen-bond acceptors (Lipinski definition) is 4. The largest absolute Gasteiger partial charge is 0.482 e. The summed E-state index contributed by atoms with van der Waals surface area (Å²) in [6, 6.07) is 22.9. The van der Waals surface area contributed by atoms with Gasteiger partial charge in [0.05, 0.1) is 0 Å². The number of nitrogens with zero attached hydrogens (tertiary/aromatic N) is 3. The van der Waals surface area contributed by atoms with Crippen LogP contribution in [0.1, 0.15) is 30.0 Å². The number of benzene rings is 3. The van der Waals surface area contributed by atoms with Gasteiger partial charge >= 0.3 is 0 Å². The maximum Gasteiger partial charge on any atom is 0.191 e. The van der Waals surface area contributed by atoms with Crippen molar-refractivity contribution in [1.82, 2.24) is 14.8 Å². The molecule has 0 aliphatic rings. The van der Waals surface area contributed by atoms with Crippen LogP contribution < -0.4 is 4.74 Å². The van der Waals surface area contributed by atoms with E-state index in [1.54, 1.807) is 11.8 Å². The minimum absolute atomic E-state index is 0.217. The van der Waals surface area contributed by atoms with Crippen molar-refractivity contribution in [2.75, 3.05) is 0 Å². The lowest BCUT2D eigenvalue weighted by Gasteiger charge is -2.17. The summed E-state index contributed by atoms with van der Waals surface area (Å²) >= 11 is 1.69. The minimum atomic E-state index is -0.217. The summed E-state index contributed by atoms with van der Waals surface area (Å²) in [5.74, 6) is 2.49. The van der Waals surface area contributed by atoms with Crippen molar-refractivity contribution in [2.45, 2.75) is 37.4 Å². The Morgan fingerprint density at radius 1 is 1.03 bits per heavy atom. The third kappa shape index (κ3) is 4.26. The molecule has 1 aromatic heterocycles. The summed E-state index contributed by atoms with van der Waals surface area (Å²) in [5, 5.41) is 12.3. The minimum Gasteiger partial charge on any atom is -0.482 e. The molecule has 4 aromatic rings. The van der Waals surface area contributed by atoms with Crippen molar-refractivity contribution in [1.29, 1.82) is 0 Å². The molecule has 30 heavy (non-hydrogen) atoms. The van der Waals surface area contributed by atoms with Crippen LogP contribution in [-0.2, 0) is 12.3 Å². The number of thioether (sulfide) groups is 1. The summed E-state index contributed by atoms with van der Waals surface area (Å²) in [6.07, 6.45) is 1.65. The van der Waals surface area contributed by atoms with Crippen LogP contribution in [0.25, 0.3) is 10.8 Å². The van der Waals surface area contributed by atoms with E-state index in [9.17, 15) is 0 Å². The number of allylic oxidation sites excluding steroid dienone is 1. The van der Waals surface area contributed by atoms with E-state index in [1.165, 1.54) is 16.3 Å². The van der Waals surface area contributed by atoms with Crippen molar-refractivity contribution >= 4 is 22.5 Å². The average molecular weight is 416 g/mol. The van der Waals surface area contributed by atoms with Crippen LogP contribution >= 0.6 is 11.8 Å². The van der Waals surface area contributed by atoms with Crippen LogP contribution in [0.3, 0.4) is 0 Å². The Balaban J connectivity index is 1.56. The van der Waals surface area contributed by atoms with Gasteiger partial charge in [0.1, 0.15) is 5.75 Å². The normalized spacial score (nSPS) is 12.1. The molecule has 0 saturated heterocycles. The Kier molecular flexibility index (Phi) is 6.19. The molecule has 0 amide bonds. The first kappa shape index (κ1) is 20.2. The first-order chi connectivity index (χ1) is 14.7. The predicted molar refractivity (Wildman–Crippen MR) is 124 cm³/mol. The fraction of sp³-hybridized carbons (Fsp3) is 0.200. The zero-order valence-electron chi connectivity index (χ0n) is 17.3. The van der Waals surface area contributed by atoms with Gasteiger partial charge in [0.25, 0.3) is 0 Å². The number of para-hydroxylation sites is 1. The molecular formula is C25H25N3OS. The highest BCUT2D eigenvalue weighted by atomic mass is 32.2. The second kappa shape index (κ2) is 9.18. The molecule has 5 heteroatoms. The number of hydrogen-bond donors (Lipinski definition) is 0. The van der Waals surface area contributed by atoms with E-state index in [0.29, 0.717) is 6.54 Å². The lowest BCUT2D eigenvalue weighted by atomic mass is 10.1. The molecule has 0 radical (unpaired) electrons. The van der Waals surface area contributed by atoms with Gasteiger partial charge in [-0.2, -0.15) is 0 Å². The highest BCUT2D eigenvalue weighted by Crippen LogP contribution is 2.29. The van der Waals surface area contributed by atoms with Gasteiger partial charge in [-0.1, -0.05) is 78.5 Å². The smallest absolute Gasteiger partial charge is 0.191 e. The zero-order chi connectivity index (χ0) is 20.9. The predicted octanol–water partition coefficient (Wildman–Crippen LogP) is 6.36. The fourth-order valence-corrected chi connectivity index (χ4v) is 4.46. The molecule has 1 atom stereocenters. The van der Waals surface area contributed by atoms with Gasteiger partial charge in [0.2, 0.25) is 0 Å². The summed E-state index contributed by atoms with van der Waals surface area (Å²) in [5.41, 5.74) is 2.39. The standard InChI is InChI=1S/C25H25N3OS/c1-4-16-28-24(19(3)29-23-15-8-5-10-18(23)2)26-27-25(28)30-17-21-13-9-12-20-11-6-7-14-22(20)21/h4-15,19H,1,16-17H2,2-3H3. The average Bonchev–Trinajstić information content (AvgIpc) is 3.17. The lowest BCUT2D eigenvalue weighted by Crippen LogP contribution is -2.12. The van der Waals surface area contributed by atoms with E-state index in [1.807, 2.05) is 44.2 Å². The van der Waals surface area contributed by atoms with Crippen LogP contribution in [0.15, 0.2) is 84.5 Å². The topological polar surface area (TPSA) is 39.9 Å². The highest BCUT2D eigenvalue weighted by molar-refractivity contribution is 7.98. The van der Waals surface area contributed by atoms with E-state index in [4.69, 9.17) is 4.74 Å². The van der Waals surface area contributed by atoms with E-state index >= 15 is 0 Å². The maximum absolute atomic E-state index is 6.19. The van der Waals surface area contributed by atoms with Gasteiger partial charge in [-0.05, 0) is 41.8 Å². The molecular weight excluding hydrogens is 390 g/mol. The third-order valence-electron chi connectivity index (χ3n) is 5.05. The number of fused-ring (bicyclic) bond motifs is 1. The van der Waals surface area contributed by atoms with Crippen LogP contribution in [0.4, 0.5) is 0 Å². The number of ether oxygens (including phenoxy) is 1. The summed E-state index contributed by atoms with van der Waals surface area (Å²) in [6.45, 7) is 8.60. The summed E-state index contributed by atoms with van der Waals surface area (Å²) < 4.78 is 8.27. The molecule has 4 nitrogen and oxygen atoms in total. The van der Waals surface area contributed by atoms with Crippen LogP contribution in [0.5, 0.6) is 5.75 Å². The lowest BCUT2D eigenvalue weighted by molar-refractivity contribution is 0.209. The Hall–Kier alpha value is -3.05. The molecule has 152 valence electrons. The quantitative estimate of drug-likeness (QED) is 0.248. The van der Waals surface area contributed by atoms with Crippen molar-refractivity contribution in [2.24, 2.45) is 0 Å². The van der Waals surface area contributed by atoms with Gasteiger partial charge in [-0.15, -0.1) is 16.8 Å². The van der Waals surface area contributed by atoms with Crippen molar-refractivity contribution in [3.05, 3.63) is 96.3 Å². The summed E-state index contributed by atoms with van der Waals surface area (Å²) in [7, 11) is 0.